The Balaban J connectivity index is 1.86. The van der Waals surface area contributed by atoms with Gasteiger partial charge in [-0.3, -0.25) is 0 Å². The molecular weight excluding hydrogens is 250 g/mol. The van der Waals surface area contributed by atoms with Crippen molar-refractivity contribution in [3.8, 4) is 0 Å². The maximum Gasteiger partial charge on any atom is 0.360 e. The van der Waals surface area contributed by atoms with Gasteiger partial charge in [0.05, 0.1) is 0 Å². The number of benzene rings is 2. The highest BCUT2D eigenvalue weighted by Crippen LogP contribution is 2.15. The highest BCUT2D eigenvalue weighted by molar-refractivity contribution is 5.79. The molecule has 3 heteroatoms. The van der Waals surface area contributed by atoms with Gasteiger partial charge in [-0.1, -0.05) is 48.5 Å². The van der Waals surface area contributed by atoms with Gasteiger partial charge in [-0.05, 0) is 23.8 Å². The lowest BCUT2D eigenvalue weighted by Gasteiger charge is -2.01. The lowest BCUT2D eigenvalue weighted by atomic mass is 10.2. The Labute approximate surface area is 116 Å². The lowest BCUT2D eigenvalue weighted by Crippen LogP contribution is -2.05. The normalized spacial score (nSPS) is 11.0. The summed E-state index contributed by atoms with van der Waals surface area (Å²) in [5, 5.41) is 3.86. The van der Waals surface area contributed by atoms with Crippen LogP contribution in [0.5, 0.6) is 0 Å². The molecule has 0 bridgehead atoms. The largest absolute Gasteiger partial charge is 0.421 e. The summed E-state index contributed by atoms with van der Waals surface area (Å²) in [5.41, 5.74) is 1.71. The molecule has 3 nitrogen and oxygen atoms in total. The van der Waals surface area contributed by atoms with E-state index in [2.05, 4.69) is 5.32 Å². The summed E-state index contributed by atoms with van der Waals surface area (Å²) < 4.78 is 5.24. The number of anilines is 1. The average Bonchev–Trinajstić information content (AvgIpc) is 2.49. The molecule has 0 aliphatic rings. The maximum absolute atomic E-state index is 11.8. The van der Waals surface area contributed by atoms with Gasteiger partial charge in [0, 0.05) is 11.6 Å². The first-order valence-corrected chi connectivity index (χ1v) is 6.34. The fourth-order valence-corrected chi connectivity index (χ4v) is 1.95. The Morgan fingerprint density at radius 2 is 1.70 bits per heavy atom. The standard InChI is InChI=1S/C17H13NO2/c19-17-15(12-14-8-4-5-9-16(14)20-17)18-11-10-13-6-2-1-3-7-13/h1-12,18H/b11-10+. The third-order valence-electron chi connectivity index (χ3n) is 2.96. The van der Waals surface area contributed by atoms with Crippen molar-refractivity contribution in [1.29, 1.82) is 0 Å². The van der Waals surface area contributed by atoms with E-state index in [0.29, 0.717) is 11.3 Å². The fraction of sp³-hybridized carbons (Fsp3) is 0. The van der Waals surface area contributed by atoms with E-state index >= 15 is 0 Å². The van der Waals surface area contributed by atoms with E-state index in [0.717, 1.165) is 10.9 Å². The molecule has 98 valence electrons. The molecule has 0 saturated heterocycles. The Morgan fingerprint density at radius 3 is 2.55 bits per heavy atom. The van der Waals surface area contributed by atoms with Crippen LogP contribution in [0.2, 0.25) is 0 Å². The zero-order chi connectivity index (χ0) is 13.8. The van der Waals surface area contributed by atoms with Crippen molar-refractivity contribution in [1.82, 2.24) is 0 Å². The summed E-state index contributed by atoms with van der Waals surface area (Å²) in [7, 11) is 0. The van der Waals surface area contributed by atoms with Crippen LogP contribution in [0.3, 0.4) is 0 Å². The van der Waals surface area contributed by atoms with E-state index in [9.17, 15) is 4.79 Å². The smallest absolute Gasteiger partial charge is 0.360 e. The molecule has 0 radical (unpaired) electrons. The van der Waals surface area contributed by atoms with Crippen LogP contribution in [-0.4, -0.2) is 0 Å². The van der Waals surface area contributed by atoms with Crippen molar-refractivity contribution in [3.63, 3.8) is 0 Å². The highest BCUT2D eigenvalue weighted by atomic mass is 16.4. The first kappa shape index (κ1) is 12.2. The van der Waals surface area contributed by atoms with Crippen LogP contribution in [-0.2, 0) is 0 Å². The molecule has 1 N–H and O–H groups in total. The first-order chi connectivity index (χ1) is 9.83. The van der Waals surface area contributed by atoms with Crippen LogP contribution in [0.1, 0.15) is 5.56 Å². The monoisotopic (exact) mass is 263 g/mol. The summed E-state index contributed by atoms with van der Waals surface area (Å²) in [5.74, 6) is 0. The second kappa shape index (κ2) is 5.45. The number of para-hydroxylation sites is 1. The molecule has 0 atom stereocenters. The zero-order valence-electron chi connectivity index (χ0n) is 10.7. The lowest BCUT2D eigenvalue weighted by molar-refractivity contribution is 0.564. The maximum atomic E-state index is 11.8. The number of hydrogen-bond acceptors (Lipinski definition) is 3. The highest BCUT2D eigenvalue weighted by Gasteiger charge is 2.02. The third kappa shape index (κ3) is 2.62. The summed E-state index contributed by atoms with van der Waals surface area (Å²) in [6, 6.07) is 19.1. The molecule has 20 heavy (non-hydrogen) atoms. The minimum absolute atomic E-state index is 0.374. The Morgan fingerprint density at radius 1 is 0.950 bits per heavy atom. The minimum atomic E-state index is -0.374. The van der Waals surface area contributed by atoms with Crippen LogP contribution >= 0.6 is 0 Å². The van der Waals surface area contributed by atoms with Gasteiger partial charge in [0.25, 0.3) is 0 Å². The molecule has 0 aliphatic carbocycles. The minimum Gasteiger partial charge on any atom is -0.421 e. The third-order valence-corrected chi connectivity index (χ3v) is 2.96. The van der Waals surface area contributed by atoms with Gasteiger partial charge in [-0.25, -0.2) is 4.79 Å². The molecule has 2 aromatic carbocycles. The topological polar surface area (TPSA) is 42.2 Å². The first-order valence-electron chi connectivity index (χ1n) is 6.34. The van der Waals surface area contributed by atoms with Gasteiger partial charge in [-0.2, -0.15) is 0 Å². The van der Waals surface area contributed by atoms with E-state index in [1.807, 2.05) is 54.6 Å². The van der Waals surface area contributed by atoms with Crippen LogP contribution < -0.4 is 10.9 Å². The quantitative estimate of drug-likeness (QED) is 0.729. The van der Waals surface area contributed by atoms with Crippen LogP contribution in [0.4, 0.5) is 5.69 Å². The molecule has 3 aromatic rings. The molecule has 0 unspecified atom stereocenters. The Kier molecular flexibility index (Phi) is 3.33. The number of nitrogens with one attached hydrogen (secondary N) is 1. The van der Waals surface area contributed by atoms with Gasteiger partial charge in [0.15, 0.2) is 0 Å². The van der Waals surface area contributed by atoms with Gasteiger partial charge >= 0.3 is 5.63 Å². The molecule has 0 spiro atoms. The molecular formula is C17H13NO2. The summed E-state index contributed by atoms with van der Waals surface area (Å²) >= 11 is 0. The summed E-state index contributed by atoms with van der Waals surface area (Å²) in [6.45, 7) is 0. The Hall–Kier alpha value is -2.81. The van der Waals surface area contributed by atoms with E-state index in [-0.39, 0.29) is 5.63 Å². The van der Waals surface area contributed by atoms with Gasteiger partial charge in [0.1, 0.15) is 11.3 Å². The van der Waals surface area contributed by atoms with Crippen LogP contribution in [0.15, 0.2) is 76.1 Å². The fourth-order valence-electron chi connectivity index (χ4n) is 1.95. The van der Waals surface area contributed by atoms with E-state index in [4.69, 9.17) is 4.42 Å². The van der Waals surface area contributed by atoms with Gasteiger partial charge in [-0.15, -0.1) is 0 Å². The predicted octanol–water partition coefficient (Wildman–Crippen LogP) is 3.88. The average molecular weight is 263 g/mol. The van der Waals surface area contributed by atoms with Crippen LogP contribution in [0, 0.1) is 0 Å². The number of rotatable bonds is 3. The summed E-state index contributed by atoms with van der Waals surface area (Å²) in [6.07, 6.45) is 3.63. The van der Waals surface area contributed by atoms with Gasteiger partial charge in [0.2, 0.25) is 0 Å². The zero-order valence-corrected chi connectivity index (χ0v) is 10.7. The van der Waals surface area contributed by atoms with E-state index in [1.54, 1.807) is 18.3 Å². The molecule has 1 aromatic heterocycles. The summed E-state index contributed by atoms with van der Waals surface area (Å²) in [4.78, 5) is 11.8. The molecule has 0 amide bonds. The van der Waals surface area contributed by atoms with Crippen molar-refractivity contribution >= 4 is 22.7 Å². The van der Waals surface area contributed by atoms with Crippen molar-refractivity contribution in [3.05, 3.63) is 82.8 Å². The molecule has 0 aliphatic heterocycles. The second-order valence-electron chi connectivity index (χ2n) is 4.37. The van der Waals surface area contributed by atoms with E-state index in [1.165, 1.54) is 0 Å². The molecule has 0 saturated carbocycles. The SMILES string of the molecule is O=c1oc2ccccc2cc1N/C=C/c1ccccc1. The predicted molar refractivity (Wildman–Crippen MR) is 81.6 cm³/mol. The van der Waals surface area contributed by atoms with Crippen molar-refractivity contribution in [2.75, 3.05) is 5.32 Å². The molecule has 1 heterocycles. The van der Waals surface area contributed by atoms with E-state index < -0.39 is 0 Å². The van der Waals surface area contributed by atoms with Crippen molar-refractivity contribution < 1.29 is 4.42 Å². The number of fused-ring (bicyclic) bond motifs is 1. The van der Waals surface area contributed by atoms with Gasteiger partial charge < -0.3 is 9.73 Å². The second-order valence-corrected chi connectivity index (χ2v) is 4.37. The Bertz CT molecular complexity index is 804. The van der Waals surface area contributed by atoms with Crippen molar-refractivity contribution in [2.45, 2.75) is 0 Å². The molecule has 3 rings (SSSR count). The molecule has 0 fully saturated rings. The van der Waals surface area contributed by atoms with Crippen molar-refractivity contribution in [2.24, 2.45) is 0 Å². The number of hydrogen-bond donors (Lipinski definition) is 1. The van der Waals surface area contributed by atoms with Crippen LogP contribution in [0.25, 0.3) is 17.0 Å².